The highest BCUT2D eigenvalue weighted by Crippen LogP contribution is 2.39. The summed E-state index contributed by atoms with van der Waals surface area (Å²) in [6.07, 6.45) is 0.687. The molecule has 0 aliphatic rings. The number of hydrogen-bond donors (Lipinski definition) is 3. The Hall–Kier alpha value is -1.20. The summed E-state index contributed by atoms with van der Waals surface area (Å²) in [5.41, 5.74) is 1.05. The molecule has 1 atom stereocenters. The summed E-state index contributed by atoms with van der Waals surface area (Å²) in [6.45, 7) is 0. The van der Waals surface area contributed by atoms with E-state index in [-0.39, 0.29) is 12.6 Å². The number of benzene rings is 1. The maximum Gasteiger partial charge on any atom is 0.325 e. The van der Waals surface area contributed by atoms with Crippen molar-refractivity contribution in [2.24, 2.45) is 5.92 Å². The summed E-state index contributed by atoms with van der Waals surface area (Å²) in [4.78, 5) is 29.6. The van der Waals surface area contributed by atoms with E-state index in [2.05, 4.69) is 0 Å². The molecule has 0 saturated heterocycles. The van der Waals surface area contributed by atoms with Crippen LogP contribution in [-0.4, -0.2) is 39.2 Å². The predicted octanol–water partition coefficient (Wildman–Crippen LogP) is 1.65. The van der Waals surface area contributed by atoms with Crippen LogP contribution >= 0.6 is 7.60 Å². The number of carbonyl (C=O) groups is 1. The van der Waals surface area contributed by atoms with Gasteiger partial charge >= 0.3 is 7.60 Å². The third-order valence-electron chi connectivity index (χ3n) is 3.00. The zero-order chi connectivity index (χ0) is 15.2. The average molecular weight is 301 g/mol. The second-order valence-electron chi connectivity index (χ2n) is 4.86. The molecule has 0 spiro atoms. The Bertz CT molecular complexity index is 471. The molecule has 3 N–H and O–H groups in total. The molecule has 0 aromatic heterocycles. The van der Waals surface area contributed by atoms with Gasteiger partial charge in [0.1, 0.15) is 0 Å². The van der Waals surface area contributed by atoms with Crippen LogP contribution in [0.4, 0.5) is 0 Å². The van der Waals surface area contributed by atoms with Gasteiger partial charge in [-0.15, -0.1) is 0 Å². The van der Waals surface area contributed by atoms with Crippen molar-refractivity contribution in [3.8, 4) is 0 Å². The Morgan fingerprint density at radius 2 is 1.90 bits per heavy atom. The fourth-order valence-corrected chi connectivity index (χ4v) is 2.97. The van der Waals surface area contributed by atoms with Crippen molar-refractivity contribution < 1.29 is 24.4 Å². The second-order valence-corrected chi connectivity index (χ2v) is 6.55. The van der Waals surface area contributed by atoms with Crippen LogP contribution in [0.5, 0.6) is 0 Å². The highest BCUT2D eigenvalue weighted by atomic mass is 31.2. The van der Waals surface area contributed by atoms with Crippen molar-refractivity contribution in [3.63, 3.8) is 0 Å². The van der Waals surface area contributed by atoms with Crippen LogP contribution in [0.25, 0.3) is 0 Å². The molecule has 0 radical (unpaired) electrons. The third kappa shape index (κ3) is 6.82. The summed E-state index contributed by atoms with van der Waals surface area (Å²) in [7, 11) is -2.98. The first-order valence-electron chi connectivity index (χ1n) is 6.32. The van der Waals surface area contributed by atoms with Gasteiger partial charge in [-0.25, -0.2) is 5.06 Å². The Labute approximate surface area is 118 Å². The van der Waals surface area contributed by atoms with Gasteiger partial charge < -0.3 is 9.79 Å². The average Bonchev–Trinajstić information content (AvgIpc) is 2.35. The van der Waals surface area contributed by atoms with Crippen molar-refractivity contribution >= 4 is 13.5 Å². The van der Waals surface area contributed by atoms with E-state index in [0.717, 1.165) is 5.56 Å². The first-order chi connectivity index (χ1) is 9.28. The van der Waals surface area contributed by atoms with Crippen molar-refractivity contribution in [2.45, 2.75) is 19.3 Å². The van der Waals surface area contributed by atoms with Crippen LogP contribution in [0.1, 0.15) is 18.4 Å². The smallest absolute Gasteiger partial charge is 0.324 e. The lowest BCUT2D eigenvalue weighted by molar-refractivity contribution is -0.160. The number of hydroxylamine groups is 2. The fourth-order valence-electron chi connectivity index (χ4n) is 1.99. The molecule has 0 aliphatic carbocycles. The largest absolute Gasteiger partial charge is 0.325 e. The number of amides is 1. The van der Waals surface area contributed by atoms with Gasteiger partial charge in [-0.3, -0.25) is 14.6 Å². The lowest BCUT2D eigenvalue weighted by Gasteiger charge is -2.18. The standard InChI is InChI=1S/C13H20NO5P/c1-14(16)13(15)9-12(10-20(17,18)19)8-7-11-5-3-2-4-6-11/h2-6,12,16H,7-10H2,1H3,(H2,17,18,19). The minimum Gasteiger partial charge on any atom is -0.324 e. The molecule has 1 rings (SSSR count). The van der Waals surface area contributed by atoms with Crippen LogP contribution in [-0.2, 0) is 15.8 Å². The quantitative estimate of drug-likeness (QED) is 0.404. The first-order valence-corrected chi connectivity index (χ1v) is 8.11. The molecular weight excluding hydrogens is 281 g/mol. The van der Waals surface area contributed by atoms with Crippen molar-refractivity contribution in [1.82, 2.24) is 5.06 Å². The SMILES string of the molecule is CN(O)C(=O)CC(CCc1ccccc1)CP(=O)(O)O. The molecule has 1 unspecified atom stereocenters. The van der Waals surface area contributed by atoms with Crippen LogP contribution in [0.3, 0.4) is 0 Å². The lowest BCUT2D eigenvalue weighted by atomic mass is 9.98. The van der Waals surface area contributed by atoms with Gasteiger partial charge in [-0.1, -0.05) is 30.3 Å². The number of rotatable bonds is 7. The Kier molecular flexibility index (Phi) is 6.36. The zero-order valence-electron chi connectivity index (χ0n) is 11.3. The van der Waals surface area contributed by atoms with Gasteiger partial charge in [-0.2, -0.15) is 0 Å². The van der Waals surface area contributed by atoms with Gasteiger partial charge in [0.15, 0.2) is 0 Å². The van der Waals surface area contributed by atoms with Crippen molar-refractivity contribution in [3.05, 3.63) is 35.9 Å². The lowest BCUT2D eigenvalue weighted by Crippen LogP contribution is -2.26. The van der Waals surface area contributed by atoms with E-state index in [0.29, 0.717) is 17.9 Å². The molecule has 0 heterocycles. The van der Waals surface area contributed by atoms with Crippen LogP contribution in [0.2, 0.25) is 0 Å². The highest BCUT2D eigenvalue weighted by molar-refractivity contribution is 7.51. The molecule has 112 valence electrons. The molecule has 7 heteroatoms. The molecule has 1 aromatic carbocycles. The highest BCUT2D eigenvalue weighted by Gasteiger charge is 2.24. The van der Waals surface area contributed by atoms with E-state index in [1.807, 2.05) is 30.3 Å². The van der Waals surface area contributed by atoms with Gasteiger partial charge in [0.05, 0.1) is 6.16 Å². The molecule has 0 saturated carbocycles. The van der Waals surface area contributed by atoms with Gasteiger partial charge in [-0.05, 0) is 24.3 Å². The Morgan fingerprint density at radius 1 is 1.30 bits per heavy atom. The molecule has 6 nitrogen and oxygen atoms in total. The molecule has 20 heavy (non-hydrogen) atoms. The van der Waals surface area contributed by atoms with E-state index in [1.165, 1.54) is 7.05 Å². The molecular formula is C13H20NO5P. The van der Waals surface area contributed by atoms with E-state index >= 15 is 0 Å². The third-order valence-corrected chi connectivity index (χ3v) is 4.00. The molecule has 1 aromatic rings. The van der Waals surface area contributed by atoms with E-state index in [4.69, 9.17) is 15.0 Å². The Balaban J connectivity index is 2.62. The number of carbonyl (C=O) groups excluding carboxylic acids is 1. The van der Waals surface area contributed by atoms with Gasteiger partial charge in [0.25, 0.3) is 0 Å². The zero-order valence-corrected chi connectivity index (χ0v) is 12.2. The number of aryl methyl sites for hydroxylation is 1. The van der Waals surface area contributed by atoms with Crippen molar-refractivity contribution in [1.29, 1.82) is 0 Å². The van der Waals surface area contributed by atoms with Gasteiger partial charge in [0, 0.05) is 13.5 Å². The van der Waals surface area contributed by atoms with Gasteiger partial charge in [0.2, 0.25) is 5.91 Å². The van der Waals surface area contributed by atoms with E-state index in [1.54, 1.807) is 0 Å². The summed E-state index contributed by atoms with van der Waals surface area (Å²) >= 11 is 0. The summed E-state index contributed by atoms with van der Waals surface area (Å²) in [5, 5.41) is 9.50. The molecule has 0 aliphatic heterocycles. The molecule has 1 amide bonds. The minimum atomic E-state index is -4.18. The second kappa shape index (κ2) is 7.55. The maximum absolute atomic E-state index is 11.5. The molecule has 0 fully saturated rings. The predicted molar refractivity (Wildman–Crippen MR) is 74.3 cm³/mol. The van der Waals surface area contributed by atoms with Crippen LogP contribution in [0.15, 0.2) is 30.3 Å². The minimum absolute atomic E-state index is 0.0784. The number of hydrogen-bond acceptors (Lipinski definition) is 3. The summed E-state index contributed by atoms with van der Waals surface area (Å²) in [6, 6.07) is 9.52. The number of nitrogens with zero attached hydrogens (tertiary/aromatic N) is 1. The first kappa shape index (κ1) is 16.9. The summed E-state index contributed by atoms with van der Waals surface area (Å²) < 4.78 is 11.1. The Morgan fingerprint density at radius 3 is 2.40 bits per heavy atom. The van der Waals surface area contributed by atoms with E-state index in [9.17, 15) is 9.36 Å². The van der Waals surface area contributed by atoms with Crippen LogP contribution in [0, 0.1) is 5.92 Å². The fraction of sp³-hybridized carbons (Fsp3) is 0.462. The normalized spacial score (nSPS) is 13.0. The monoisotopic (exact) mass is 301 g/mol. The van der Waals surface area contributed by atoms with Crippen LogP contribution < -0.4 is 0 Å². The topological polar surface area (TPSA) is 98.1 Å². The van der Waals surface area contributed by atoms with E-state index < -0.39 is 19.4 Å². The molecule has 0 bridgehead atoms. The summed E-state index contributed by atoms with van der Waals surface area (Å²) in [5.74, 6) is -1.00. The maximum atomic E-state index is 11.5. The van der Waals surface area contributed by atoms with Crippen molar-refractivity contribution in [2.75, 3.05) is 13.2 Å².